The smallest absolute Gasteiger partial charge is 0.225 e. The van der Waals surface area contributed by atoms with Gasteiger partial charge in [0, 0.05) is 40.8 Å². The molecule has 0 aliphatic heterocycles. The van der Waals surface area contributed by atoms with Crippen molar-refractivity contribution in [2.45, 2.75) is 6.42 Å². The van der Waals surface area contributed by atoms with Crippen LogP contribution in [0.5, 0.6) is 0 Å². The molecule has 4 heterocycles. The highest BCUT2D eigenvalue weighted by atomic mass is 16.3. The van der Waals surface area contributed by atoms with Crippen LogP contribution in [-0.4, -0.2) is 31.7 Å². The molecule has 0 amide bonds. The fraction of sp³-hybridized carbons (Fsp3) is 0.0870. The molecule has 8 heteroatoms. The third kappa shape index (κ3) is 3.24. The van der Waals surface area contributed by atoms with Gasteiger partial charge in [0.25, 0.3) is 0 Å². The molecule has 0 atom stereocenters. The Labute approximate surface area is 176 Å². The average molecular weight is 409 g/mol. The molecule has 0 spiro atoms. The average Bonchev–Trinajstić information content (AvgIpc) is 3.53. The second-order valence-corrected chi connectivity index (χ2v) is 7.36. The van der Waals surface area contributed by atoms with Crippen LogP contribution in [0.2, 0.25) is 0 Å². The molecule has 0 aliphatic carbocycles. The van der Waals surface area contributed by atoms with Crippen LogP contribution in [0.15, 0.2) is 71.6 Å². The molecule has 0 unspecified atom stereocenters. The third-order valence-electron chi connectivity index (χ3n) is 5.36. The molecule has 6 aromatic rings. The Kier molecular flexibility index (Phi) is 4.05. The van der Waals surface area contributed by atoms with Gasteiger partial charge in [0.05, 0.1) is 18.0 Å². The lowest BCUT2D eigenvalue weighted by Gasteiger charge is -2.09. The summed E-state index contributed by atoms with van der Waals surface area (Å²) in [6, 6.07) is 16.1. The maximum atomic E-state index is 5.62. The van der Waals surface area contributed by atoms with E-state index in [1.165, 1.54) is 10.9 Å². The van der Waals surface area contributed by atoms with E-state index in [9.17, 15) is 0 Å². The summed E-state index contributed by atoms with van der Waals surface area (Å²) < 4.78 is 5.62. The van der Waals surface area contributed by atoms with Crippen molar-refractivity contribution in [1.29, 1.82) is 0 Å². The fourth-order valence-corrected chi connectivity index (χ4v) is 3.83. The normalized spacial score (nSPS) is 11.5. The summed E-state index contributed by atoms with van der Waals surface area (Å²) in [6.07, 6.45) is 6.34. The highest BCUT2D eigenvalue weighted by Gasteiger charge is 2.12. The number of H-pyrrole nitrogens is 2. The first-order chi connectivity index (χ1) is 15.3. The fourth-order valence-electron chi connectivity index (χ4n) is 3.83. The number of nitrogens with one attached hydrogen (secondary N) is 4. The molecule has 0 aliphatic rings. The number of nitrogens with zero attached hydrogens (tertiary/aromatic N) is 3. The lowest BCUT2D eigenvalue weighted by Crippen LogP contribution is -2.09. The Morgan fingerprint density at radius 2 is 1.97 bits per heavy atom. The molecule has 0 radical (unpaired) electrons. The van der Waals surface area contributed by atoms with E-state index in [4.69, 9.17) is 4.42 Å². The zero-order valence-electron chi connectivity index (χ0n) is 16.5. The van der Waals surface area contributed by atoms with Crippen molar-refractivity contribution in [3.63, 3.8) is 0 Å². The summed E-state index contributed by atoms with van der Waals surface area (Å²) >= 11 is 0. The summed E-state index contributed by atoms with van der Waals surface area (Å²) in [5.74, 6) is 1.17. The number of anilines is 3. The molecule has 0 bridgehead atoms. The van der Waals surface area contributed by atoms with Crippen molar-refractivity contribution in [1.82, 2.24) is 25.1 Å². The van der Waals surface area contributed by atoms with E-state index in [2.05, 4.69) is 60.2 Å². The van der Waals surface area contributed by atoms with Crippen molar-refractivity contribution in [2.24, 2.45) is 0 Å². The molecule has 4 N–H and O–H groups in total. The Bertz CT molecular complexity index is 1510. The molecule has 31 heavy (non-hydrogen) atoms. The lowest BCUT2D eigenvalue weighted by atomic mass is 10.1. The van der Waals surface area contributed by atoms with Crippen LogP contribution in [0.4, 0.5) is 17.5 Å². The van der Waals surface area contributed by atoms with E-state index < -0.39 is 0 Å². The van der Waals surface area contributed by atoms with Crippen molar-refractivity contribution >= 4 is 50.4 Å². The van der Waals surface area contributed by atoms with Gasteiger partial charge in [0.15, 0.2) is 11.4 Å². The summed E-state index contributed by atoms with van der Waals surface area (Å²) in [4.78, 5) is 12.6. The van der Waals surface area contributed by atoms with E-state index in [1.807, 2.05) is 30.3 Å². The minimum absolute atomic E-state index is 0.556. The van der Waals surface area contributed by atoms with Crippen molar-refractivity contribution in [3.05, 3.63) is 72.8 Å². The van der Waals surface area contributed by atoms with E-state index in [-0.39, 0.29) is 0 Å². The predicted molar refractivity (Wildman–Crippen MR) is 122 cm³/mol. The van der Waals surface area contributed by atoms with E-state index in [0.29, 0.717) is 23.9 Å². The lowest BCUT2D eigenvalue weighted by molar-refractivity contribution is 0.615. The van der Waals surface area contributed by atoms with E-state index in [0.717, 1.165) is 34.0 Å². The van der Waals surface area contributed by atoms with Gasteiger partial charge in [-0.1, -0.05) is 18.2 Å². The van der Waals surface area contributed by atoms with Gasteiger partial charge in [-0.05, 0) is 36.2 Å². The van der Waals surface area contributed by atoms with Crippen LogP contribution in [0, 0.1) is 0 Å². The Balaban J connectivity index is 1.24. The second kappa shape index (κ2) is 7.17. The summed E-state index contributed by atoms with van der Waals surface area (Å²) in [7, 11) is 0. The molecule has 8 nitrogen and oxygen atoms in total. The Morgan fingerprint density at radius 1 is 1.00 bits per heavy atom. The van der Waals surface area contributed by atoms with Gasteiger partial charge in [0.2, 0.25) is 5.95 Å². The monoisotopic (exact) mass is 409 g/mol. The molecule has 0 saturated carbocycles. The predicted octanol–water partition coefficient (Wildman–Crippen LogP) is 4.98. The first-order valence-corrected chi connectivity index (χ1v) is 10.1. The second-order valence-electron chi connectivity index (χ2n) is 7.36. The van der Waals surface area contributed by atoms with Gasteiger partial charge in [0.1, 0.15) is 5.52 Å². The van der Waals surface area contributed by atoms with Crippen LogP contribution in [-0.2, 0) is 6.42 Å². The molecule has 0 saturated heterocycles. The quantitative estimate of drug-likeness (QED) is 0.309. The van der Waals surface area contributed by atoms with Gasteiger partial charge in [-0.3, -0.25) is 5.10 Å². The number of hydrogen-bond donors (Lipinski definition) is 4. The molecule has 0 fully saturated rings. The van der Waals surface area contributed by atoms with Gasteiger partial charge in [-0.25, -0.2) is 4.98 Å². The van der Waals surface area contributed by atoms with Crippen molar-refractivity contribution < 1.29 is 4.42 Å². The molecule has 2 aromatic carbocycles. The molecule has 152 valence electrons. The minimum atomic E-state index is 0.556. The van der Waals surface area contributed by atoms with Crippen molar-refractivity contribution in [2.75, 3.05) is 17.2 Å². The SMILES string of the molecule is c1ccc2c(CCNc3nc(Nc4ccc5[nH]ncc5c4)c4occc4n3)c[nH]c2c1. The number of para-hydroxylation sites is 1. The largest absolute Gasteiger partial charge is 0.459 e. The molecular weight excluding hydrogens is 390 g/mol. The highest BCUT2D eigenvalue weighted by Crippen LogP contribution is 2.27. The highest BCUT2D eigenvalue weighted by molar-refractivity contribution is 5.89. The summed E-state index contributed by atoms with van der Waals surface area (Å²) in [5.41, 5.74) is 5.66. The topological polar surface area (TPSA) is 107 Å². The third-order valence-corrected chi connectivity index (χ3v) is 5.36. The summed E-state index contributed by atoms with van der Waals surface area (Å²) in [5, 5.41) is 16.0. The number of furan rings is 1. The van der Waals surface area contributed by atoms with Crippen LogP contribution < -0.4 is 10.6 Å². The zero-order valence-corrected chi connectivity index (χ0v) is 16.5. The maximum absolute atomic E-state index is 5.62. The molecule has 4 aromatic heterocycles. The minimum Gasteiger partial charge on any atom is -0.459 e. The molecular formula is C23H19N7O. The number of rotatable bonds is 6. The Hall–Kier alpha value is -4.33. The first kappa shape index (κ1) is 17.5. The van der Waals surface area contributed by atoms with Gasteiger partial charge in [-0.2, -0.15) is 10.1 Å². The maximum Gasteiger partial charge on any atom is 0.225 e. The number of aromatic nitrogens is 5. The Morgan fingerprint density at radius 3 is 2.97 bits per heavy atom. The van der Waals surface area contributed by atoms with E-state index in [1.54, 1.807) is 12.5 Å². The zero-order chi connectivity index (χ0) is 20.6. The van der Waals surface area contributed by atoms with Gasteiger partial charge >= 0.3 is 0 Å². The van der Waals surface area contributed by atoms with Crippen LogP contribution >= 0.6 is 0 Å². The summed E-state index contributed by atoms with van der Waals surface area (Å²) in [6.45, 7) is 0.714. The van der Waals surface area contributed by atoms with Gasteiger partial charge < -0.3 is 20.0 Å². The molecule has 6 rings (SSSR count). The number of aromatic amines is 2. The van der Waals surface area contributed by atoms with Crippen LogP contribution in [0.25, 0.3) is 32.9 Å². The van der Waals surface area contributed by atoms with Crippen LogP contribution in [0.1, 0.15) is 5.56 Å². The van der Waals surface area contributed by atoms with E-state index >= 15 is 0 Å². The number of fused-ring (bicyclic) bond motifs is 3. The first-order valence-electron chi connectivity index (χ1n) is 10.1. The standard InChI is InChI=1S/C23H19N7O/c1-2-4-19-17(3-1)14(12-25-19)7-9-24-23-28-20-8-10-31-21(20)22(29-23)27-16-5-6-18-15(11-16)13-26-30-18/h1-6,8,10-13,25H,7,9H2,(H,26,30)(H2,24,27,28,29). The number of hydrogen-bond acceptors (Lipinski definition) is 6. The van der Waals surface area contributed by atoms with Crippen molar-refractivity contribution in [3.8, 4) is 0 Å². The number of benzene rings is 2. The van der Waals surface area contributed by atoms with Gasteiger partial charge in [-0.15, -0.1) is 0 Å². The van der Waals surface area contributed by atoms with Crippen LogP contribution in [0.3, 0.4) is 0 Å².